The zero-order valence-corrected chi connectivity index (χ0v) is 13.3. The van der Waals surface area contributed by atoms with Gasteiger partial charge in [0, 0.05) is 29.0 Å². The van der Waals surface area contributed by atoms with Crippen molar-refractivity contribution in [2.75, 3.05) is 12.8 Å². The fourth-order valence-electron chi connectivity index (χ4n) is 1.34. The Morgan fingerprint density at radius 2 is 2.17 bits per heavy atom. The van der Waals surface area contributed by atoms with Crippen molar-refractivity contribution in [3.8, 4) is 0 Å². The van der Waals surface area contributed by atoms with E-state index >= 15 is 0 Å². The molecule has 0 saturated carbocycles. The van der Waals surface area contributed by atoms with Gasteiger partial charge in [0.05, 0.1) is 5.75 Å². The second kappa shape index (κ2) is 7.81. The van der Waals surface area contributed by atoms with Gasteiger partial charge in [0.2, 0.25) is 5.91 Å². The van der Waals surface area contributed by atoms with Crippen molar-refractivity contribution in [1.29, 1.82) is 0 Å². The number of benzene rings is 1. The molecule has 0 aliphatic carbocycles. The molecule has 1 amide bonds. The molecule has 0 aromatic heterocycles. The summed E-state index contributed by atoms with van der Waals surface area (Å²) in [5.41, 5.74) is 1.22. The van der Waals surface area contributed by atoms with Crippen LogP contribution >= 0.6 is 27.7 Å². The minimum atomic E-state index is 0.0442. The van der Waals surface area contributed by atoms with Crippen molar-refractivity contribution in [1.82, 2.24) is 10.6 Å². The molecule has 0 heterocycles. The number of hydrogen-bond donors (Lipinski definition) is 2. The Hall–Kier alpha value is -0.520. The fourth-order valence-corrected chi connectivity index (χ4v) is 2.82. The van der Waals surface area contributed by atoms with Gasteiger partial charge < -0.3 is 10.6 Å². The third-order valence-corrected chi connectivity index (χ3v) is 3.96. The molecule has 0 bridgehead atoms. The predicted octanol–water partition coefficient (Wildman–Crippen LogP) is 2.79. The zero-order chi connectivity index (χ0) is 13.5. The molecule has 0 radical (unpaired) electrons. The van der Waals surface area contributed by atoms with E-state index in [9.17, 15) is 4.79 Å². The summed E-state index contributed by atoms with van der Waals surface area (Å²) in [6.45, 7) is 5.06. The van der Waals surface area contributed by atoms with Crippen LogP contribution in [0.3, 0.4) is 0 Å². The molecule has 0 fully saturated rings. The fraction of sp³-hybridized carbons (Fsp3) is 0.462. The lowest BCUT2D eigenvalue weighted by molar-refractivity contribution is -0.118. The number of amides is 1. The van der Waals surface area contributed by atoms with Crippen molar-refractivity contribution in [3.05, 3.63) is 28.2 Å². The summed E-state index contributed by atoms with van der Waals surface area (Å²) in [7, 11) is 1.66. The van der Waals surface area contributed by atoms with E-state index in [4.69, 9.17) is 0 Å². The van der Waals surface area contributed by atoms with Gasteiger partial charge in [0.15, 0.2) is 0 Å². The molecular weight excluding hydrogens is 312 g/mol. The van der Waals surface area contributed by atoms with Crippen LogP contribution in [0.1, 0.15) is 19.4 Å². The lowest BCUT2D eigenvalue weighted by Gasteiger charge is -2.12. The molecule has 0 unspecified atom stereocenters. The maximum absolute atomic E-state index is 11.3. The molecular formula is C13H19BrN2OS. The molecule has 0 saturated heterocycles. The molecule has 1 aromatic rings. The molecule has 5 heteroatoms. The molecule has 2 N–H and O–H groups in total. The van der Waals surface area contributed by atoms with E-state index in [1.165, 1.54) is 5.56 Å². The number of carbonyl (C=O) groups is 1. The van der Waals surface area contributed by atoms with E-state index < -0.39 is 0 Å². The summed E-state index contributed by atoms with van der Waals surface area (Å²) in [5, 5.41) is 6.03. The quantitative estimate of drug-likeness (QED) is 0.788. The summed E-state index contributed by atoms with van der Waals surface area (Å²) in [5.74, 6) is 0.490. The molecule has 1 aromatic carbocycles. The lowest BCUT2D eigenvalue weighted by atomic mass is 10.2. The minimum Gasteiger partial charge on any atom is -0.358 e. The zero-order valence-electron chi connectivity index (χ0n) is 10.9. The number of carbonyl (C=O) groups excluding carboxylic acids is 1. The third-order valence-electron chi connectivity index (χ3n) is 2.37. The Balaban J connectivity index is 2.73. The average molecular weight is 331 g/mol. The summed E-state index contributed by atoms with van der Waals surface area (Å²) in [6.07, 6.45) is 0. The second-order valence-corrected chi connectivity index (χ2v) is 6.18. The Kier molecular flexibility index (Phi) is 6.75. The smallest absolute Gasteiger partial charge is 0.230 e. The SMILES string of the molecule is CNC(=O)CSc1cc(Br)ccc1CNC(C)C. The maximum atomic E-state index is 11.3. The first kappa shape index (κ1) is 15.5. The number of rotatable bonds is 6. The third kappa shape index (κ3) is 5.42. The summed E-state index contributed by atoms with van der Waals surface area (Å²) >= 11 is 5.03. The van der Waals surface area contributed by atoms with Crippen molar-refractivity contribution >= 4 is 33.6 Å². The van der Waals surface area contributed by atoms with Crippen LogP contribution in [-0.4, -0.2) is 24.7 Å². The van der Waals surface area contributed by atoms with Crippen LogP contribution in [0.2, 0.25) is 0 Å². The Morgan fingerprint density at radius 3 is 2.78 bits per heavy atom. The lowest BCUT2D eigenvalue weighted by Crippen LogP contribution is -2.22. The first-order valence-electron chi connectivity index (χ1n) is 5.88. The number of nitrogens with one attached hydrogen (secondary N) is 2. The monoisotopic (exact) mass is 330 g/mol. The molecule has 1 rings (SSSR count). The van der Waals surface area contributed by atoms with E-state index in [2.05, 4.69) is 52.5 Å². The topological polar surface area (TPSA) is 41.1 Å². The highest BCUT2D eigenvalue weighted by atomic mass is 79.9. The first-order valence-corrected chi connectivity index (χ1v) is 7.66. The molecule has 0 aliphatic rings. The first-order chi connectivity index (χ1) is 8.52. The normalized spacial score (nSPS) is 10.7. The largest absolute Gasteiger partial charge is 0.358 e. The van der Waals surface area contributed by atoms with Gasteiger partial charge in [-0.05, 0) is 17.7 Å². The average Bonchev–Trinajstić information content (AvgIpc) is 2.34. The van der Waals surface area contributed by atoms with Gasteiger partial charge >= 0.3 is 0 Å². The van der Waals surface area contributed by atoms with Gasteiger partial charge in [-0.3, -0.25) is 4.79 Å². The second-order valence-electron chi connectivity index (χ2n) is 4.25. The Bertz CT molecular complexity index is 410. The van der Waals surface area contributed by atoms with Gasteiger partial charge in [0.25, 0.3) is 0 Å². The molecule has 3 nitrogen and oxygen atoms in total. The van der Waals surface area contributed by atoms with E-state index in [-0.39, 0.29) is 5.91 Å². The highest BCUT2D eigenvalue weighted by molar-refractivity contribution is 9.10. The highest BCUT2D eigenvalue weighted by Gasteiger charge is 2.07. The van der Waals surface area contributed by atoms with E-state index in [1.54, 1.807) is 18.8 Å². The molecule has 100 valence electrons. The summed E-state index contributed by atoms with van der Waals surface area (Å²) in [6, 6.07) is 6.63. The molecule has 18 heavy (non-hydrogen) atoms. The van der Waals surface area contributed by atoms with Gasteiger partial charge in [-0.15, -0.1) is 11.8 Å². The minimum absolute atomic E-state index is 0.0442. The van der Waals surface area contributed by atoms with Crippen molar-refractivity contribution in [2.24, 2.45) is 0 Å². The van der Waals surface area contributed by atoms with E-state index in [1.807, 2.05) is 6.07 Å². The van der Waals surface area contributed by atoms with Crippen molar-refractivity contribution < 1.29 is 4.79 Å². The number of hydrogen-bond acceptors (Lipinski definition) is 3. The van der Waals surface area contributed by atoms with Gasteiger partial charge in [-0.1, -0.05) is 35.8 Å². The standard InChI is InChI=1S/C13H19BrN2OS/c1-9(2)16-7-10-4-5-11(14)6-12(10)18-8-13(17)15-3/h4-6,9,16H,7-8H2,1-3H3,(H,15,17). The van der Waals surface area contributed by atoms with Crippen LogP contribution in [0.4, 0.5) is 0 Å². The van der Waals surface area contributed by atoms with Crippen LogP contribution in [0.5, 0.6) is 0 Å². The van der Waals surface area contributed by atoms with E-state index in [0.29, 0.717) is 11.8 Å². The molecule has 0 aliphatic heterocycles. The number of halogens is 1. The van der Waals surface area contributed by atoms with Gasteiger partial charge in [-0.2, -0.15) is 0 Å². The Labute approximate surface area is 121 Å². The van der Waals surface area contributed by atoms with Crippen LogP contribution in [0.25, 0.3) is 0 Å². The molecule has 0 atom stereocenters. The molecule has 0 spiro atoms. The summed E-state index contributed by atoms with van der Waals surface area (Å²) < 4.78 is 1.04. The Morgan fingerprint density at radius 1 is 1.44 bits per heavy atom. The van der Waals surface area contributed by atoms with Crippen molar-refractivity contribution in [2.45, 2.75) is 31.3 Å². The van der Waals surface area contributed by atoms with Gasteiger partial charge in [-0.25, -0.2) is 0 Å². The summed E-state index contributed by atoms with van der Waals surface area (Å²) in [4.78, 5) is 12.4. The predicted molar refractivity (Wildman–Crippen MR) is 80.9 cm³/mol. The van der Waals surface area contributed by atoms with Crippen LogP contribution in [0.15, 0.2) is 27.6 Å². The van der Waals surface area contributed by atoms with Crippen molar-refractivity contribution in [3.63, 3.8) is 0 Å². The van der Waals surface area contributed by atoms with Crippen LogP contribution < -0.4 is 10.6 Å². The maximum Gasteiger partial charge on any atom is 0.230 e. The highest BCUT2D eigenvalue weighted by Crippen LogP contribution is 2.26. The van der Waals surface area contributed by atoms with Crippen LogP contribution in [-0.2, 0) is 11.3 Å². The van der Waals surface area contributed by atoms with E-state index in [0.717, 1.165) is 15.9 Å². The number of thioether (sulfide) groups is 1. The van der Waals surface area contributed by atoms with Gasteiger partial charge in [0.1, 0.15) is 0 Å². The van der Waals surface area contributed by atoms with Crippen LogP contribution in [0, 0.1) is 0 Å².